The molecule has 1 N–H and O–H groups in total. The maximum Gasteiger partial charge on any atom is 0.255 e. The number of rotatable bonds is 5. The first-order valence-electron chi connectivity index (χ1n) is 7.40. The smallest absolute Gasteiger partial charge is 0.255 e. The number of hydrogen-bond donors (Lipinski definition) is 1. The summed E-state index contributed by atoms with van der Waals surface area (Å²) >= 11 is 0. The lowest BCUT2D eigenvalue weighted by Gasteiger charge is -2.32. The van der Waals surface area contributed by atoms with Crippen molar-refractivity contribution in [3.8, 4) is 11.8 Å². The molecule has 0 bridgehead atoms. The first-order chi connectivity index (χ1) is 10.3. The van der Waals surface area contributed by atoms with Gasteiger partial charge in [0.25, 0.3) is 5.91 Å². The van der Waals surface area contributed by atoms with E-state index in [-0.39, 0.29) is 5.91 Å². The molecule has 0 aromatic heterocycles. The molecule has 1 aromatic carbocycles. The van der Waals surface area contributed by atoms with Gasteiger partial charge >= 0.3 is 0 Å². The normalized spacial score (nSPS) is 18.1. The second-order valence-corrected chi connectivity index (χ2v) is 5.07. The van der Waals surface area contributed by atoms with E-state index >= 15 is 0 Å². The van der Waals surface area contributed by atoms with Crippen LogP contribution in [0.3, 0.4) is 0 Å². The Morgan fingerprint density at radius 3 is 2.90 bits per heavy atom. The number of benzene rings is 1. The van der Waals surface area contributed by atoms with Crippen LogP contribution in [0.25, 0.3) is 0 Å². The van der Waals surface area contributed by atoms with Gasteiger partial charge in [0.1, 0.15) is 11.8 Å². The number of amides is 1. The fourth-order valence-corrected chi connectivity index (χ4v) is 2.26. The van der Waals surface area contributed by atoms with Gasteiger partial charge in [-0.1, -0.05) is 13.3 Å². The van der Waals surface area contributed by atoms with Crippen molar-refractivity contribution < 1.29 is 9.53 Å². The summed E-state index contributed by atoms with van der Waals surface area (Å²) in [4.78, 5) is 14.1. The number of hydrogen-bond acceptors (Lipinski definition) is 4. The first-order valence-corrected chi connectivity index (χ1v) is 7.40. The van der Waals surface area contributed by atoms with Gasteiger partial charge in [-0.25, -0.2) is 0 Å². The van der Waals surface area contributed by atoms with Crippen LogP contribution in [0.4, 0.5) is 0 Å². The molecule has 1 aromatic rings. The Morgan fingerprint density at radius 2 is 2.24 bits per heavy atom. The van der Waals surface area contributed by atoms with Crippen LogP contribution in [0.15, 0.2) is 24.3 Å². The van der Waals surface area contributed by atoms with E-state index < -0.39 is 6.04 Å². The predicted octanol–water partition coefficient (Wildman–Crippen LogP) is 1.80. The zero-order valence-corrected chi connectivity index (χ0v) is 12.3. The van der Waals surface area contributed by atoms with Gasteiger partial charge in [-0.2, -0.15) is 5.26 Å². The molecule has 5 nitrogen and oxygen atoms in total. The van der Waals surface area contributed by atoms with Gasteiger partial charge in [-0.3, -0.25) is 4.79 Å². The summed E-state index contributed by atoms with van der Waals surface area (Å²) in [6.07, 6.45) is 2.11. The minimum absolute atomic E-state index is 0.0943. The third-order valence-electron chi connectivity index (χ3n) is 3.52. The molecule has 112 valence electrons. The molecule has 21 heavy (non-hydrogen) atoms. The maximum atomic E-state index is 12.4. The Morgan fingerprint density at radius 1 is 1.48 bits per heavy atom. The summed E-state index contributed by atoms with van der Waals surface area (Å²) in [5, 5.41) is 12.2. The zero-order valence-electron chi connectivity index (χ0n) is 12.3. The van der Waals surface area contributed by atoms with Crippen molar-refractivity contribution in [2.45, 2.75) is 25.8 Å². The Kier molecular flexibility index (Phi) is 5.59. The minimum Gasteiger partial charge on any atom is -0.494 e. The summed E-state index contributed by atoms with van der Waals surface area (Å²) in [5.74, 6) is 0.681. The van der Waals surface area contributed by atoms with Gasteiger partial charge < -0.3 is 15.0 Å². The third kappa shape index (κ3) is 3.96. The molecule has 1 aliphatic rings. The highest BCUT2D eigenvalue weighted by Crippen LogP contribution is 2.16. The maximum absolute atomic E-state index is 12.4. The van der Waals surface area contributed by atoms with Crippen LogP contribution in [0, 0.1) is 11.3 Å². The fourth-order valence-electron chi connectivity index (χ4n) is 2.26. The van der Waals surface area contributed by atoms with Crippen molar-refractivity contribution in [2.75, 3.05) is 26.2 Å². The average molecular weight is 287 g/mol. The number of carbonyl (C=O) groups excluding carboxylic acids is 1. The van der Waals surface area contributed by atoms with Crippen LogP contribution in [-0.2, 0) is 0 Å². The molecular weight excluding hydrogens is 266 g/mol. The number of ether oxygens (including phenoxy) is 1. The van der Waals surface area contributed by atoms with Crippen molar-refractivity contribution in [1.29, 1.82) is 5.26 Å². The Bertz CT molecular complexity index is 507. The number of nitriles is 1. The van der Waals surface area contributed by atoms with Crippen molar-refractivity contribution in [1.82, 2.24) is 10.2 Å². The summed E-state index contributed by atoms with van der Waals surface area (Å²) in [7, 11) is 0. The second kappa shape index (κ2) is 7.65. The van der Waals surface area contributed by atoms with E-state index in [1.54, 1.807) is 17.0 Å². The van der Waals surface area contributed by atoms with E-state index in [9.17, 15) is 4.79 Å². The van der Waals surface area contributed by atoms with Crippen LogP contribution >= 0.6 is 0 Å². The summed E-state index contributed by atoms with van der Waals surface area (Å²) in [6.45, 7) is 4.62. The van der Waals surface area contributed by atoms with Crippen LogP contribution in [0.1, 0.15) is 30.1 Å². The molecule has 0 saturated carbocycles. The zero-order chi connectivity index (χ0) is 15.1. The Labute approximate surface area is 125 Å². The standard InChI is InChI=1S/C16H21N3O2/c1-2-3-10-21-15-6-4-13(5-7-15)16(20)19-9-8-18-12-14(19)11-17/h4-7,14,18H,2-3,8-10,12H2,1H3. The van der Waals surface area contributed by atoms with Crippen LogP contribution in [0.2, 0.25) is 0 Å². The van der Waals surface area contributed by atoms with Crippen LogP contribution in [-0.4, -0.2) is 43.1 Å². The molecule has 1 amide bonds. The lowest BCUT2D eigenvalue weighted by Crippen LogP contribution is -2.53. The Hall–Kier alpha value is -2.06. The van der Waals surface area contributed by atoms with E-state index in [1.165, 1.54) is 0 Å². The van der Waals surface area contributed by atoms with Crippen molar-refractivity contribution >= 4 is 5.91 Å². The minimum atomic E-state index is -0.397. The Balaban J connectivity index is 2.00. The largest absolute Gasteiger partial charge is 0.494 e. The van der Waals surface area contributed by atoms with E-state index in [1.807, 2.05) is 12.1 Å². The van der Waals surface area contributed by atoms with Gasteiger partial charge in [0.2, 0.25) is 0 Å². The molecule has 1 fully saturated rings. The molecule has 1 saturated heterocycles. The van der Waals surface area contributed by atoms with Crippen molar-refractivity contribution in [3.63, 3.8) is 0 Å². The van der Waals surface area contributed by atoms with Gasteiger partial charge in [0, 0.05) is 25.2 Å². The fraction of sp³-hybridized carbons (Fsp3) is 0.500. The predicted molar refractivity (Wildman–Crippen MR) is 80.2 cm³/mol. The molecule has 1 atom stereocenters. The molecule has 0 spiro atoms. The highest BCUT2D eigenvalue weighted by Gasteiger charge is 2.26. The second-order valence-electron chi connectivity index (χ2n) is 5.07. The van der Waals surface area contributed by atoms with Crippen molar-refractivity contribution in [3.05, 3.63) is 29.8 Å². The van der Waals surface area contributed by atoms with Crippen LogP contribution < -0.4 is 10.1 Å². The van der Waals surface area contributed by atoms with Crippen LogP contribution in [0.5, 0.6) is 5.75 Å². The monoisotopic (exact) mass is 287 g/mol. The highest BCUT2D eigenvalue weighted by atomic mass is 16.5. The highest BCUT2D eigenvalue weighted by molar-refractivity contribution is 5.94. The quantitative estimate of drug-likeness (QED) is 0.839. The SMILES string of the molecule is CCCCOc1ccc(C(=O)N2CCNCC2C#N)cc1. The lowest BCUT2D eigenvalue weighted by atomic mass is 10.1. The average Bonchev–Trinajstić information content (AvgIpc) is 2.55. The summed E-state index contributed by atoms with van der Waals surface area (Å²) < 4.78 is 5.58. The van der Waals surface area contributed by atoms with E-state index in [2.05, 4.69) is 18.3 Å². The molecule has 2 rings (SSSR count). The molecule has 1 heterocycles. The van der Waals surface area contributed by atoms with Gasteiger partial charge in [0.05, 0.1) is 12.7 Å². The number of unbranched alkanes of at least 4 members (excludes halogenated alkanes) is 1. The van der Waals surface area contributed by atoms with E-state index in [4.69, 9.17) is 10.00 Å². The molecule has 5 heteroatoms. The molecule has 0 radical (unpaired) electrons. The molecule has 1 unspecified atom stereocenters. The van der Waals surface area contributed by atoms with E-state index in [0.29, 0.717) is 25.3 Å². The number of carbonyl (C=O) groups is 1. The van der Waals surface area contributed by atoms with Crippen molar-refractivity contribution in [2.24, 2.45) is 0 Å². The lowest BCUT2D eigenvalue weighted by molar-refractivity contribution is 0.0687. The molecular formula is C16H21N3O2. The van der Waals surface area contributed by atoms with E-state index in [0.717, 1.165) is 25.1 Å². The molecule has 1 aliphatic heterocycles. The summed E-state index contributed by atoms with van der Waals surface area (Å²) in [5.41, 5.74) is 0.597. The number of nitrogens with one attached hydrogen (secondary N) is 1. The topological polar surface area (TPSA) is 65.4 Å². The third-order valence-corrected chi connectivity index (χ3v) is 3.52. The van der Waals surface area contributed by atoms with Gasteiger partial charge in [-0.05, 0) is 30.7 Å². The number of nitrogens with zero attached hydrogens (tertiary/aromatic N) is 2. The molecule has 0 aliphatic carbocycles. The number of piperazine rings is 1. The summed E-state index contributed by atoms with van der Waals surface area (Å²) in [6, 6.07) is 8.92. The van der Waals surface area contributed by atoms with Gasteiger partial charge in [0.15, 0.2) is 0 Å². The van der Waals surface area contributed by atoms with Gasteiger partial charge in [-0.15, -0.1) is 0 Å². The first kappa shape index (κ1) is 15.3.